The van der Waals surface area contributed by atoms with Crippen LogP contribution in [0.3, 0.4) is 0 Å². The molecule has 0 saturated heterocycles. The van der Waals surface area contributed by atoms with Crippen molar-refractivity contribution in [2.45, 2.75) is 117 Å². The zero-order valence-electron chi connectivity index (χ0n) is 47.5. The number of hydrogen-bond acceptors (Lipinski definition) is 4. The molecule has 0 unspecified atom stereocenters. The molecule has 10 aromatic rings. The van der Waals surface area contributed by atoms with Crippen molar-refractivity contribution in [1.29, 1.82) is 0 Å². The van der Waals surface area contributed by atoms with Gasteiger partial charge in [-0.3, -0.25) is 0 Å². The number of nitrogens with zero attached hydrogens (tertiary/aromatic N) is 4. The summed E-state index contributed by atoms with van der Waals surface area (Å²) in [5.41, 5.74) is 16.1. The Balaban J connectivity index is 0.00000688. The fraction of sp³-hybridized carbons (Fsp3) is 0.250. The summed E-state index contributed by atoms with van der Waals surface area (Å²) >= 11 is 0. The Labute approximate surface area is 478 Å². The van der Waals surface area contributed by atoms with E-state index in [-0.39, 0.29) is 42.7 Å². The standard InChI is InChI=1S/C72H71N4O.Pt/c1-68(2,3)52-36-37-73-66(41-52)76-62-35-24-23-34-58(62)67-61(72(12,13)51-30-21-16-22-31-51)43-57(44-65(67)76)77-56-33-25-32-54(42-56)74-47-75(64-46-60(70(7,8)9)59(45-63(64)74)69(4,5)6)55-39-49(48-26-17-14-18-27-48)38-53(40-55)71(10,11)50-28-19-15-20-29-50;/h14-41,43,45-47H,1-13H3;/q-3;. The van der Waals surface area contributed by atoms with Crippen LogP contribution in [0.1, 0.15) is 129 Å². The average Bonchev–Trinajstić information content (AvgIpc) is 4.12. The van der Waals surface area contributed by atoms with Crippen molar-refractivity contribution in [3.05, 3.63) is 246 Å². The molecule has 8 aromatic carbocycles. The molecule has 0 saturated carbocycles. The molecule has 1 aliphatic rings. The summed E-state index contributed by atoms with van der Waals surface area (Å²) in [4.78, 5) is 9.72. The summed E-state index contributed by atoms with van der Waals surface area (Å²) in [6.07, 6.45) is 1.93. The van der Waals surface area contributed by atoms with Crippen molar-refractivity contribution in [2.24, 2.45) is 0 Å². The van der Waals surface area contributed by atoms with Crippen LogP contribution in [-0.4, -0.2) is 9.55 Å². The molecule has 0 N–H and O–H groups in total. The number of hydrogen-bond donors (Lipinski definition) is 0. The first-order chi connectivity index (χ1) is 36.6. The summed E-state index contributed by atoms with van der Waals surface area (Å²) in [6.45, 7) is 32.2. The van der Waals surface area contributed by atoms with Gasteiger partial charge in [0.1, 0.15) is 5.82 Å². The zero-order valence-corrected chi connectivity index (χ0v) is 49.8. The number of aromatic nitrogens is 2. The fourth-order valence-corrected chi connectivity index (χ4v) is 11.3. The predicted octanol–water partition coefficient (Wildman–Crippen LogP) is 19.2. The molecule has 0 bridgehead atoms. The van der Waals surface area contributed by atoms with E-state index in [1.54, 1.807) is 0 Å². The second kappa shape index (κ2) is 20.2. The van der Waals surface area contributed by atoms with Gasteiger partial charge in [-0.15, -0.1) is 48.3 Å². The molecule has 1 aliphatic heterocycles. The zero-order chi connectivity index (χ0) is 54.2. The third-order valence-corrected chi connectivity index (χ3v) is 15.9. The van der Waals surface area contributed by atoms with E-state index in [2.05, 4.69) is 299 Å². The quantitative estimate of drug-likeness (QED) is 0.128. The van der Waals surface area contributed by atoms with Gasteiger partial charge in [0.05, 0.1) is 0 Å². The molecular formula is C72H71N4OPt-3. The Kier molecular flexibility index (Phi) is 14.0. The van der Waals surface area contributed by atoms with E-state index < -0.39 is 5.41 Å². The number of fused-ring (bicyclic) bond motifs is 4. The second-order valence-corrected chi connectivity index (χ2v) is 25.1. The van der Waals surface area contributed by atoms with E-state index in [1.165, 1.54) is 44.5 Å². The average molecular weight is 1200 g/mol. The van der Waals surface area contributed by atoms with E-state index in [0.29, 0.717) is 11.5 Å². The van der Waals surface area contributed by atoms with Gasteiger partial charge in [0.15, 0.2) is 0 Å². The topological polar surface area (TPSA) is 33.5 Å². The first-order valence-electron chi connectivity index (χ1n) is 27.2. The summed E-state index contributed by atoms with van der Waals surface area (Å²) in [5, 5.41) is 2.27. The minimum absolute atomic E-state index is 0. The molecule has 11 rings (SSSR count). The molecule has 0 aliphatic carbocycles. The minimum Gasteiger partial charge on any atom is -0.509 e. The van der Waals surface area contributed by atoms with Crippen molar-refractivity contribution < 1.29 is 25.8 Å². The van der Waals surface area contributed by atoms with Crippen molar-refractivity contribution in [1.82, 2.24) is 9.55 Å². The maximum atomic E-state index is 7.13. The third-order valence-electron chi connectivity index (χ3n) is 15.9. The molecule has 5 nitrogen and oxygen atoms in total. The third kappa shape index (κ3) is 10.0. The minimum atomic E-state index is -0.420. The van der Waals surface area contributed by atoms with Gasteiger partial charge in [0.2, 0.25) is 0 Å². The Morgan fingerprint density at radius 2 is 1.04 bits per heavy atom. The van der Waals surface area contributed by atoms with E-state index in [4.69, 9.17) is 9.72 Å². The number of pyridine rings is 1. The maximum absolute atomic E-state index is 7.13. The van der Waals surface area contributed by atoms with Crippen molar-refractivity contribution in [3.8, 4) is 28.4 Å². The van der Waals surface area contributed by atoms with Gasteiger partial charge in [0.25, 0.3) is 0 Å². The van der Waals surface area contributed by atoms with Crippen LogP contribution in [0, 0.1) is 18.8 Å². The smallest absolute Gasteiger partial charge is 0.135 e. The largest absolute Gasteiger partial charge is 0.509 e. The van der Waals surface area contributed by atoms with Crippen LogP contribution in [0.5, 0.6) is 11.5 Å². The Morgan fingerprint density at radius 1 is 0.449 bits per heavy atom. The Morgan fingerprint density at radius 3 is 1.67 bits per heavy atom. The SMILES string of the molecule is CC(C)(C)c1ccnc(-n2c3[c-]c(Oc4[c-]c(N5[CH-]N(c6cc(-c7ccccc7)cc(C(C)(C)c7ccccc7)c6)c6cc(C(C)(C)C)c(C(C)(C)C)cc65)ccc4)cc(C(C)(C)c4ccccc4)c3c3ccccc32)c1.[Pt]. The molecule has 0 amide bonds. The molecular weight excluding hydrogens is 1130 g/mol. The number of para-hydroxylation sites is 1. The molecule has 78 heavy (non-hydrogen) atoms. The number of anilines is 4. The second-order valence-electron chi connectivity index (χ2n) is 25.1. The van der Waals surface area contributed by atoms with Gasteiger partial charge in [-0.05, 0) is 114 Å². The number of ether oxygens (including phenoxy) is 1. The number of benzene rings is 8. The Bertz CT molecular complexity index is 3820. The fourth-order valence-electron chi connectivity index (χ4n) is 11.3. The van der Waals surface area contributed by atoms with Crippen LogP contribution in [0.25, 0.3) is 38.8 Å². The van der Waals surface area contributed by atoms with Gasteiger partial charge in [-0.2, -0.15) is 6.07 Å². The van der Waals surface area contributed by atoms with Crippen molar-refractivity contribution in [2.75, 3.05) is 9.80 Å². The van der Waals surface area contributed by atoms with Crippen molar-refractivity contribution in [3.63, 3.8) is 0 Å². The van der Waals surface area contributed by atoms with Crippen LogP contribution >= 0.6 is 0 Å². The van der Waals surface area contributed by atoms with Crippen LogP contribution < -0.4 is 14.5 Å². The molecule has 3 heterocycles. The molecule has 398 valence electrons. The summed E-state index contributed by atoms with van der Waals surface area (Å²) < 4.78 is 9.39. The van der Waals surface area contributed by atoms with Gasteiger partial charge >= 0.3 is 0 Å². The number of rotatable bonds is 10. The maximum Gasteiger partial charge on any atom is 0.135 e. The van der Waals surface area contributed by atoms with E-state index >= 15 is 0 Å². The summed E-state index contributed by atoms with van der Waals surface area (Å²) in [6, 6.07) is 73.4. The van der Waals surface area contributed by atoms with Crippen LogP contribution in [0.2, 0.25) is 0 Å². The van der Waals surface area contributed by atoms with Crippen LogP contribution in [0.15, 0.2) is 188 Å². The predicted molar refractivity (Wildman–Crippen MR) is 323 cm³/mol. The molecule has 0 fully saturated rings. The van der Waals surface area contributed by atoms with Gasteiger partial charge in [-0.1, -0.05) is 216 Å². The molecule has 0 spiro atoms. The first-order valence-corrected chi connectivity index (χ1v) is 27.2. The van der Waals surface area contributed by atoms with Gasteiger partial charge in [-0.25, -0.2) is 4.98 Å². The Hall–Kier alpha value is -7.20. The van der Waals surface area contributed by atoms with Crippen LogP contribution in [-0.2, 0) is 48.1 Å². The van der Waals surface area contributed by atoms with E-state index in [1.807, 2.05) is 12.3 Å². The van der Waals surface area contributed by atoms with Crippen LogP contribution in [0.4, 0.5) is 22.7 Å². The van der Waals surface area contributed by atoms with Gasteiger partial charge in [0, 0.05) is 66.8 Å². The van der Waals surface area contributed by atoms with E-state index in [0.717, 1.165) is 55.9 Å². The monoisotopic (exact) mass is 1200 g/mol. The normalized spacial score (nSPS) is 13.2. The molecule has 6 heteroatoms. The molecule has 2 aromatic heterocycles. The van der Waals surface area contributed by atoms with E-state index in [9.17, 15) is 0 Å². The molecule has 0 atom stereocenters. The first kappa shape index (κ1) is 54.2. The molecule has 0 radical (unpaired) electrons. The summed E-state index contributed by atoms with van der Waals surface area (Å²) in [5.74, 6) is 2.03. The van der Waals surface area contributed by atoms with Gasteiger partial charge < -0.3 is 19.1 Å². The summed E-state index contributed by atoms with van der Waals surface area (Å²) in [7, 11) is 0. The van der Waals surface area contributed by atoms with Crippen molar-refractivity contribution >= 4 is 44.6 Å².